The molecule has 1 aromatic carbocycles. The SMILES string of the molecule is NC1CC1c1ncc(-c2cccc(O)c2)s1. The molecule has 0 spiro atoms. The van der Waals surface area contributed by atoms with E-state index in [0.29, 0.717) is 12.0 Å². The van der Waals surface area contributed by atoms with Crippen molar-refractivity contribution in [1.29, 1.82) is 0 Å². The molecule has 2 atom stereocenters. The smallest absolute Gasteiger partial charge is 0.116 e. The molecular formula is C12H12N2OS. The minimum Gasteiger partial charge on any atom is -0.508 e. The highest BCUT2D eigenvalue weighted by Gasteiger charge is 2.37. The molecule has 0 radical (unpaired) electrons. The average Bonchev–Trinajstić information content (AvgIpc) is 2.81. The second kappa shape index (κ2) is 3.57. The van der Waals surface area contributed by atoms with Crippen LogP contribution in [0.5, 0.6) is 5.75 Å². The van der Waals surface area contributed by atoms with Crippen LogP contribution in [0.3, 0.4) is 0 Å². The van der Waals surface area contributed by atoms with Gasteiger partial charge in [0.05, 0.1) is 9.88 Å². The van der Waals surface area contributed by atoms with Crippen LogP contribution in [0, 0.1) is 0 Å². The number of hydrogen-bond donors (Lipinski definition) is 2. The number of benzene rings is 1. The van der Waals surface area contributed by atoms with Crippen molar-refractivity contribution in [1.82, 2.24) is 4.98 Å². The quantitative estimate of drug-likeness (QED) is 0.835. The van der Waals surface area contributed by atoms with Crippen molar-refractivity contribution in [2.45, 2.75) is 18.4 Å². The van der Waals surface area contributed by atoms with Gasteiger partial charge in [0.2, 0.25) is 0 Å². The van der Waals surface area contributed by atoms with E-state index in [4.69, 9.17) is 5.73 Å². The predicted molar refractivity (Wildman–Crippen MR) is 64.5 cm³/mol. The van der Waals surface area contributed by atoms with E-state index in [1.165, 1.54) is 0 Å². The third-order valence-electron chi connectivity index (χ3n) is 2.81. The Morgan fingerprint density at radius 2 is 2.25 bits per heavy atom. The van der Waals surface area contributed by atoms with E-state index in [1.54, 1.807) is 23.5 Å². The molecule has 1 heterocycles. The number of nitrogens with zero attached hydrogens (tertiary/aromatic N) is 1. The summed E-state index contributed by atoms with van der Waals surface area (Å²) in [5.74, 6) is 0.742. The maximum atomic E-state index is 9.41. The number of hydrogen-bond acceptors (Lipinski definition) is 4. The minimum absolute atomic E-state index is 0.288. The lowest BCUT2D eigenvalue weighted by Gasteiger charge is -1.96. The normalized spacial score (nSPS) is 23.3. The largest absolute Gasteiger partial charge is 0.508 e. The summed E-state index contributed by atoms with van der Waals surface area (Å²) in [6.45, 7) is 0. The Balaban J connectivity index is 1.92. The zero-order chi connectivity index (χ0) is 11.1. The highest BCUT2D eigenvalue weighted by Crippen LogP contribution is 2.42. The summed E-state index contributed by atoms with van der Waals surface area (Å²) < 4.78 is 0. The molecule has 1 aliphatic carbocycles. The molecule has 0 bridgehead atoms. The van der Waals surface area contributed by atoms with Gasteiger partial charge in [0.15, 0.2) is 0 Å². The lowest BCUT2D eigenvalue weighted by atomic mass is 10.2. The van der Waals surface area contributed by atoms with Crippen molar-refractivity contribution in [3.05, 3.63) is 35.5 Å². The second-order valence-corrected chi connectivity index (χ2v) is 5.18. The van der Waals surface area contributed by atoms with Crippen LogP contribution in [0.2, 0.25) is 0 Å². The fourth-order valence-electron chi connectivity index (χ4n) is 1.75. The van der Waals surface area contributed by atoms with Crippen LogP contribution in [0.25, 0.3) is 10.4 Å². The fraction of sp³-hybridized carbons (Fsp3) is 0.250. The Labute approximate surface area is 97.6 Å². The van der Waals surface area contributed by atoms with Crippen LogP contribution >= 0.6 is 11.3 Å². The van der Waals surface area contributed by atoms with E-state index in [-0.39, 0.29) is 5.75 Å². The minimum atomic E-state index is 0.288. The first-order valence-electron chi connectivity index (χ1n) is 5.25. The molecule has 82 valence electrons. The number of thiazole rings is 1. The van der Waals surface area contributed by atoms with Gasteiger partial charge in [-0.3, -0.25) is 0 Å². The Morgan fingerprint density at radius 3 is 2.94 bits per heavy atom. The van der Waals surface area contributed by atoms with E-state index >= 15 is 0 Å². The first-order chi connectivity index (χ1) is 7.74. The average molecular weight is 232 g/mol. The molecular weight excluding hydrogens is 220 g/mol. The van der Waals surface area contributed by atoms with Crippen LogP contribution in [0.4, 0.5) is 0 Å². The molecule has 0 amide bonds. The molecule has 2 unspecified atom stereocenters. The van der Waals surface area contributed by atoms with Gasteiger partial charge in [-0.25, -0.2) is 4.98 Å². The molecule has 4 heteroatoms. The van der Waals surface area contributed by atoms with Crippen LogP contribution in [-0.4, -0.2) is 16.1 Å². The van der Waals surface area contributed by atoms with E-state index in [2.05, 4.69) is 4.98 Å². The van der Waals surface area contributed by atoms with Crippen LogP contribution in [0.15, 0.2) is 30.5 Å². The maximum absolute atomic E-state index is 9.41. The van der Waals surface area contributed by atoms with E-state index < -0.39 is 0 Å². The number of rotatable bonds is 2. The topological polar surface area (TPSA) is 59.1 Å². The Hall–Kier alpha value is -1.39. The van der Waals surface area contributed by atoms with Crippen LogP contribution in [0.1, 0.15) is 17.3 Å². The molecule has 1 aromatic heterocycles. The number of phenolic OH excluding ortho intramolecular Hbond substituents is 1. The Morgan fingerprint density at radius 1 is 1.44 bits per heavy atom. The standard InChI is InChI=1S/C12H12N2OS/c13-10-5-9(10)12-14-6-11(16-12)7-2-1-3-8(15)4-7/h1-4,6,9-10,15H,5,13H2. The Kier molecular flexibility index (Phi) is 2.19. The van der Waals surface area contributed by atoms with Gasteiger partial charge in [-0.1, -0.05) is 12.1 Å². The van der Waals surface area contributed by atoms with Crippen molar-refractivity contribution in [3.8, 4) is 16.2 Å². The van der Waals surface area contributed by atoms with Gasteiger partial charge in [-0.15, -0.1) is 11.3 Å². The van der Waals surface area contributed by atoms with Gasteiger partial charge in [0.1, 0.15) is 5.75 Å². The van der Waals surface area contributed by atoms with Crippen LogP contribution in [-0.2, 0) is 0 Å². The van der Waals surface area contributed by atoms with E-state index in [1.807, 2.05) is 18.3 Å². The van der Waals surface area contributed by atoms with Crippen molar-refractivity contribution in [2.75, 3.05) is 0 Å². The highest BCUT2D eigenvalue weighted by atomic mass is 32.1. The summed E-state index contributed by atoms with van der Waals surface area (Å²) in [4.78, 5) is 5.48. The van der Waals surface area contributed by atoms with Crippen molar-refractivity contribution >= 4 is 11.3 Å². The Bertz CT molecular complexity index is 523. The second-order valence-electron chi connectivity index (χ2n) is 4.12. The maximum Gasteiger partial charge on any atom is 0.116 e. The zero-order valence-corrected chi connectivity index (χ0v) is 9.45. The number of phenols is 1. The first kappa shape index (κ1) is 9.81. The molecule has 1 fully saturated rings. The van der Waals surface area contributed by atoms with Gasteiger partial charge >= 0.3 is 0 Å². The van der Waals surface area contributed by atoms with Crippen molar-refractivity contribution in [3.63, 3.8) is 0 Å². The first-order valence-corrected chi connectivity index (χ1v) is 6.06. The lowest BCUT2D eigenvalue weighted by molar-refractivity contribution is 0.475. The molecule has 0 saturated heterocycles. The summed E-state index contributed by atoms with van der Waals surface area (Å²) in [7, 11) is 0. The summed E-state index contributed by atoms with van der Waals surface area (Å²) in [5.41, 5.74) is 6.81. The molecule has 16 heavy (non-hydrogen) atoms. The summed E-state index contributed by atoms with van der Waals surface area (Å²) in [5, 5.41) is 10.5. The molecule has 0 aliphatic heterocycles. The number of nitrogens with two attached hydrogens (primary N) is 1. The van der Waals surface area contributed by atoms with Gasteiger partial charge in [-0.05, 0) is 24.1 Å². The summed E-state index contributed by atoms with van der Waals surface area (Å²) in [6.07, 6.45) is 2.91. The number of aromatic hydroxyl groups is 1. The van der Waals surface area contributed by atoms with Gasteiger partial charge in [-0.2, -0.15) is 0 Å². The predicted octanol–water partition coefficient (Wildman–Crippen LogP) is 2.33. The molecule has 3 N–H and O–H groups in total. The van der Waals surface area contributed by atoms with Crippen molar-refractivity contribution in [2.24, 2.45) is 5.73 Å². The van der Waals surface area contributed by atoms with Crippen molar-refractivity contribution < 1.29 is 5.11 Å². The van der Waals surface area contributed by atoms with E-state index in [0.717, 1.165) is 21.9 Å². The molecule has 1 saturated carbocycles. The number of aromatic nitrogens is 1. The van der Waals surface area contributed by atoms with Gasteiger partial charge < -0.3 is 10.8 Å². The summed E-state index contributed by atoms with van der Waals surface area (Å²) >= 11 is 1.67. The molecule has 3 rings (SSSR count). The highest BCUT2D eigenvalue weighted by molar-refractivity contribution is 7.15. The lowest BCUT2D eigenvalue weighted by Crippen LogP contribution is -2.00. The molecule has 2 aromatic rings. The van der Waals surface area contributed by atoms with Gasteiger partial charge in [0.25, 0.3) is 0 Å². The monoisotopic (exact) mass is 232 g/mol. The summed E-state index contributed by atoms with van der Waals surface area (Å²) in [6, 6.07) is 7.53. The molecule has 3 nitrogen and oxygen atoms in total. The van der Waals surface area contributed by atoms with Crippen LogP contribution < -0.4 is 5.73 Å². The third kappa shape index (κ3) is 1.70. The van der Waals surface area contributed by atoms with E-state index in [9.17, 15) is 5.11 Å². The fourth-order valence-corrected chi connectivity index (χ4v) is 2.85. The van der Waals surface area contributed by atoms with Gasteiger partial charge in [0, 0.05) is 18.2 Å². The third-order valence-corrected chi connectivity index (χ3v) is 3.99. The molecule has 1 aliphatic rings. The zero-order valence-electron chi connectivity index (χ0n) is 8.63.